The fraction of sp³-hybridized carbons (Fsp3) is 0.250. The predicted molar refractivity (Wildman–Crippen MR) is 65.0 cm³/mol. The molecular formula is C12H14N2O4. The van der Waals surface area contributed by atoms with Gasteiger partial charge in [-0.1, -0.05) is 18.2 Å². The Labute approximate surface area is 103 Å². The molecule has 0 amide bonds. The SMILES string of the molecule is COc1c(CC(N)C(=O)O)c2ccccc2n1O. The van der Waals surface area contributed by atoms with Gasteiger partial charge in [-0.15, -0.1) is 0 Å². The Morgan fingerprint density at radius 2 is 2.17 bits per heavy atom. The lowest BCUT2D eigenvalue weighted by Crippen LogP contribution is -2.32. The first kappa shape index (κ1) is 12.3. The summed E-state index contributed by atoms with van der Waals surface area (Å²) < 4.78 is 6.01. The van der Waals surface area contributed by atoms with E-state index in [-0.39, 0.29) is 12.3 Å². The number of hydrogen-bond acceptors (Lipinski definition) is 4. The Bertz CT molecular complexity index is 591. The molecule has 18 heavy (non-hydrogen) atoms. The summed E-state index contributed by atoms with van der Waals surface area (Å²) in [6, 6.07) is 6.04. The van der Waals surface area contributed by atoms with Crippen molar-refractivity contribution in [3.05, 3.63) is 29.8 Å². The molecule has 4 N–H and O–H groups in total. The largest absolute Gasteiger partial charge is 0.480 e. The van der Waals surface area contributed by atoms with Crippen LogP contribution in [0.4, 0.5) is 0 Å². The second kappa shape index (κ2) is 4.58. The number of carboxylic acid groups (broad SMARTS) is 1. The van der Waals surface area contributed by atoms with Crippen LogP contribution in [0.2, 0.25) is 0 Å². The molecule has 0 bridgehead atoms. The standard InChI is InChI=1S/C12H14N2O4/c1-18-11-8(6-9(13)12(15)16)7-4-2-3-5-10(7)14(11)17/h2-5,9,17H,6,13H2,1H3,(H,15,16). The van der Waals surface area contributed by atoms with E-state index in [9.17, 15) is 10.0 Å². The van der Waals surface area contributed by atoms with E-state index in [2.05, 4.69) is 0 Å². The lowest BCUT2D eigenvalue weighted by molar-refractivity contribution is -0.138. The van der Waals surface area contributed by atoms with Gasteiger partial charge in [-0.2, -0.15) is 4.73 Å². The summed E-state index contributed by atoms with van der Waals surface area (Å²) in [6.07, 6.45) is 0.0899. The number of fused-ring (bicyclic) bond motifs is 1. The third kappa shape index (κ3) is 1.86. The van der Waals surface area contributed by atoms with E-state index >= 15 is 0 Å². The molecule has 0 aliphatic carbocycles. The third-order valence-electron chi connectivity index (χ3n) is 2.84. The number of nitrogens with two attached hydrogens (primary N) is 1. The van der Waals surface area contributed by atoms with Gasteiger partial charge in [-0.3, -0.25) is 4.79 Å². The summed E-state index contributed by atoms with van der Waals surface area (Å²) in [6.45, 7) is 0. The van der Waals surface area contributed by atoms with E-state index in [1.807, 2.05) is 0 Å². The summed E-state index contributed by atoms with van der Waals surface area (Å²) in [5.41, 5.74) is 6.67. The maximum Gasteiger partial charge on any atom is 0.320 e. The van der Waals surface area contributed by atoms with Crippen LogP contribution in [0.25, 0.3) is 10.9 Å². The van der Waals surface area contributed by atoms with Gasteiger partial charge in [0.15, 0.2) is 0 Å². The summed E-state index contributed by atoms with van der Waals surface area (Å²) in [5.74, 6) is -0.875. The number of aliphatic carboxylic acids is 1. The Hall–Kier alpha value is -2.21. The van der Waals surface area contributed by atoms with Crippen LogP contribution in [0, 0.1) is 0 Å². The molecule has 1 aromatic heterocycles. The first-order chi connectivity index (χ1) is 8.56. The van der Waals surface area contributed by atoms with E-state index in [0.717, 1.165) is 10.1 Å². The quantitative estimate of drug-likeness (QED) is 0.698. The molecule has 0 aliphatic rings. The van der Waals surface area contributed by atoms with Crippen LogP contribution in [0.3, 0.4) is 0 Å². The van der Waals surface area contributed by atoms with Crippen LogP contribution < -0.4 is 10.5 Å². The van der Waals surface area contributed by atoms with Crippen LogP contribution in [0.1, 0.15) is 5.56 Å². The van der Waals surface area contributed by atoms with Crippen molar-refractivity contribution in [1.82, 2.24) is 4.73 Å². The van der Waals surface area contributed by atoms with Gasteiger partial charge in [0.25, 0.3) is 0 Å². The number of benzene rings is 1. The number of rotatable bonds is 4. The van der Waals surface area contributed by atoms with Crippen LogP contribution in [-0.2, 0) is 11.2 Å². The number of carboxylic acids is 1. The minimum Gasteiger partial charge on any atom is -0.480 e. The minimum absolute atomic E-state index is 0.0899. The van der Waals surface area contributed by atoms with E-state index in [0.29, 0.717) is 11.1 Å². The maximum atomic E-state index is 10.8. The number of aromatic nitrogens is 1. The number of para-hydroxylation sites is 1. The Kier molecular flexibility index (Phi) is 3.12. The topological polar surface area (TPSA) is 97.7 Å². The van der Waals surface area contributed by atoms with Crippen molar-refractivity contribution >= 4 is 16.9 Å². The normalized spacial score (nSPS) is 12.6. The third-order valence-corrected chi connectivity index (χ3v) is 2.84. The molecule has 1 unspecified atom stereocenters. The molecule has 2 aromatic rings. The van der Waals surface area contributed by atoms with Crippen LogP contribution >= 0.6 is 0 Å². The highest BCUT2D eigenvalue weighted by atomic mass is 16.5. The van der Waals surface area contributed by atoms with Crippen molar-refractivity contribution in [2.45, 2.75) is 12.5 Å². The first-order valence-corrected chi connectivity index (χ1v) is 5.40. The average Bonchev–Trinajstić information content (AvgIpc) is 2.63. The summed E-state index contributed by atoms with van der Waals surface area (Å²) in [7, 11) is 1.41. The van der Waals surface area contributed by atoms with Crippen LogP contribution in [0.15, 0.2) is 24.3 Å². The van der Waals surface area contributed by atoms with Crippen LogP contribution in [0.5, 0.6) is 5.88 Å². The van der Waals surface area contributed by atoms with E-state index in [1.54, 1.807) is 24.3 Å². The van der Waals surface area contributed by atoms with E-state index < -0.39 is 12.0 Å². The van der Waals surface area contributed by atoms with Crippen LogP contribution in [-0.4, -0.2) is 34.2 Å². The second-order valence-corrected chi connectivity index (χ2v) is 3.97. The molecule has 0 aliphatic heterocycles. The van der Waals surface area contributed by atoms with Crippen molar-refractivity contribution < 1.29 is 19.8 Å². The molecule has 1 atom stereocenters. The maximum absolute atomic E-state index is 10.8. The summed E-state index contributed by atoms with van der Waals surface area (Å²) in [5, 5.41) is 19.5. The molecule has 0 fully saturated rings. The molecule has 0 radical (unpaired) electrons. The molecule has 6 nitrogen and oxygen atoms in total. The highest BCUT2D eigenvalue weighted by Gasteiger charge is 2.22. The number of methoxy groups -OCH3 is 1. The number of carbonyl (C=O) groups is 1. The monoisotopic (exact) mass is 250 g/mol. The molecule has 96 valence electrons. The second-order valence-electron chi connectivity index (χ2n) is 3.97. The van der Waals surface area contributed by atoms with Gasteiger partial charge >= 0.3 is 5.97 Å². The predicted octanol–water partition coefficient (Wildman–Crippen LogP) is 0.842. The van der Waals surface area contributed by atoms with Gasteiger partial charge in [0.1, 0.15) is 6.04 Å². The van der Waals surface area contributed by atoms with E-state index in [4.69, 9.17) is 15.6 Å². The molecule has 2 rings (SSSR count). The van der Waals surface area contributed by atoms with Gasteiger partial charge in [-0.25, -0.2) is 0 Å². The summed E-state index contributed by atoms with van der Waals surface area (Å²) in [4.78, 5) is 10.8. The van der Waals surface area contributed by atoms with Crippen molar-refractivity contribution in [3.8, 4) is 5.88 Å². The number of hydrogen-bond donors (Lipinski definition) is 3. The first-order valence-electron chi connectivity index (χ1n) is 5.40. The van der Waals surface area contributed by atoms with Gasteiger partial charge < -0.3 is 20.8 Å². The lowest BCUT2D eigenvalue weighted by atomic mass is 10.1. The summed E-state index contributed by atoms with van der Waals surface area (Å²) >= 11 is 0. The van der Waals surface area contributed by atoms with Gasteiger partial charge in [0.05, 0.1) is 12.6 Å². The number of nitrogens with zero attached hydrogens (tertiary/aromatic N) is 1. The fourth-order valence-electron chi connectivity index (χ4n) is 1.98. The molecule has 0 saturated carbocycles. The molecule has 6 heteroatoms. The van der Waals surface area contributed by atoms with Crippen molar-refractivity contribution in [2.75, 3.05) is 7.11 Å². The number of ether oxygens (including phenoxy) is 1. The van der Waals surface area contributed by atoms with E-state index in [1.165, 1.54) is 7.11 Å². The fourth-order valence-corrected chi connectivity index (χ4v) is 1.98. The highest BCUT2D eigenvalue weighted by molar-refractivity contribution is 5.87. The highest BCUT2D eigenvalue weighted by Crippen LogP contribution is 2.31. The smallest absolute Gasteiger partial charge is 0.320 e. The Balaban J connectivity index is 2.57. The Morgan fingerprint density at radius 1 is 1.50 bits per heavy atom. The zero-order chi connectivity index (χ0) is 13.3. The Morgan fingerprint density at radius 3 is 2.78 bits per heavy atom. The molecule has 1 aromatic carbocycles. The van der Waals surface area contributed by atoms with Crippen molar-refractivity contribution in [1.29, 1.82) is 0 Å². The van der Waals surface area contributed by atoms with Crippen molar-refractivity contribution in [2.24, 2.45) is 5.73 Å². The zero-order valence-electron chi connectivity index (χ0n) is 9.83. The van der Waals surface area contributed by atoms with Gasteiger partial charge in [0.2, 0.25) is 5.88 Å². The van der Waals surface area contributed by atoms with Gasteiger partial charge in [-0.05, 0) is 6.07 Å². The minimum atomic E-state index is -1.09. The molecular weight excluding hydrogens is 236 g/mol. The molecule has 0 saturated heterocycles. The van der Waals surface area contributed by atoms with Gasteiger partial charge in [0, 0.05) is 17.4 Å². The van der Waals surface area contributed by atoms with Crippen molar-refractivity contribution in [3.63, 3.8) is 0 Å². The molecule has 1 heterocycles. The molecule has 0 spiro atoms. The zero-order valence-corrected chi connectivity index (χ0v) is 9.83. The average molecular weight is 250 g/mol. The lowest BCUT2D eigenvalue weighted by Gasteiger charge is -2.07.